The zero-order chi connectivity index (χ0) is 22.0. The van der Waals surface area contributed by atoms with E-state index in [4.69, 9.17) is 0 Å². The minimum atomic E-state index is -1.29. The van der Waals surface area contributed by atoms with Gasteiger partial charge in [-0.25, -0.2) is 14.4 Å². The summed E-state index contributed by atoms with van der Waals surface area (Å²) in [5, 5.41) is 27.6. The van der Waals surface area contributed by atoms with Crippen LogP contribution in [-0.2, 0) is 0 Å². The summed E-state index contributed by atoms with van der Waals surface area (Å²) in [4.78, 5) is 54.0. The topological polar surface area (TPSA) is 155 Å². The molecule has 0 amide bonds. The summed E-state index contributed by atoms with van der Waals surface area (Å²) in [5.74, 6) is -4.08. The number of aromatic nitrogens is 2. The molecule has 0 unspecified atom stereocenters. The Balaban J connectivity index is 2.06. The lowest BCUT2D eigenvalue weighted by atomic mass is 10.0. The fraction of sp³-hybridized carbons (Fsp3) is 0.0476. The highest BCUT2D eigenvalue weighted by molar-refractivity contribution is 5.99. The summed E-state index contributed by atoms with van der Waals surface area (Å²) in [6, 6.07) is 7.70. The highest BCUT2D eigenvalue weighted by Crippen LogP contribution is 2.24. The van der Waals surface area contributed by atoms with E-state index in [1.807, 2.05) is 0 Å². The van der Waals surface area contributed by atoms with E-state index in [0.717, 1.165) is 6.07 Å². The molecule has 0 aliphatic rings. The fourth-order valence-corrected chi connectivity index (χ4v) is 2.75. The molecular formula is C21H14N2O7. The first kappa shape index (κ1) is 20.3. The number of rotatable bonds is 6. The molecule has 0 saturated heterocycles. The number of carboxylic acid groups (broad SMARTS) is 3. The molecule has 0 aliphatic carbocycles. The monoisotopic (exact) mass is 406 g/mol. The van der Waals surface area contributed by atoms with Gasteiger partial charge in [0.2, 0.25) is 0 Å². The van der Waals surface area contributed by atoms with E-state index in [9.17, 15) is 34.5 Å². The third-order valence-electron chi connectivity index (χ3n) is 4.26. The predicted molar refractivity (Wildman–Crippen MR) is 104 cm³/mol. The number of hydrogen-bond acceptors (Lipinski definition) is 6. The summed E-state index contributed by atoms with van der Waals surface area (Å²) in [6.45, 7) is 1.31. The van der Waals surface area contributed by atoms with Crippen molar-refractivity contribution >= 4 is 23.7 Å². The zero-order valence-corrected chi connectivity index (χ0v) is 15.5. The van der Waals surface area contributed by atoms with Crippen LogP contribution < -0.4 is 0 Å². The fourth-order valence-electron chi connectivity index (χ4n) is 2.75. The smallest absolute Gasteiger partial charge is 0.335 e. The molecule has 2 aromatic carbocycles. The number of Topliss-reactive ketones (excluding diaryl/α,β-unsaturated/α-hetero) is 1. The van der Waals surface area contributed by atoms with Gasteiger partial charge in [-0.15, -0.1) is 0 Å². The first-order chi connectivity index (χ1) is 14.2. The van der Waals surface area contributed by atoms with Crippen molar-refractivity contribution in [3.05, 3.63) is 71.0 Å². The van der Waals surface area contributed by atoms with Gasteiger partial charge in [-0.05, 0) is 43.3 Å². The maximum Gasteiger partial charge on any atom is 0.335 e. The first-order valence-corrected chi connectivity index (χ1v) is 8.49. The van der Waals surface area contributed by atoms with Crippen molar-refractivity contribution in [2.75, 3.05) is 0 Å². The molecule has 0 bridgehead atoms. The Morgan fingerprint density at radius 1 is 0.600 bits per heavy atom. The van der Waals surface area contributed by atoms with Gasteiger partial charge < -0.3 is 15.3 Å². The molecule has 0 saturated carbocycles. The van der Waals surface area contributed by atoms with E-state index in [2.05, 4.69) is 9.97 Å². The predicted octanol–water partition coefficient (Wildman–Crippen LogP) is 3.11. The molecule has 0 fully saturated rings. The van der Waals surface area contributed by atoms with Gasteiger partial charge in [0, 0.05) is 16.7 Å². The highest BCUT2D eigenvalue weighted by Gasteiger charge is 2.15. The van der Waals surface area contributed by atoms with E-state index in [1.54, 1.807) is 0 Å². The van der Waals surface area contributed by atoms with Gasteiger partial charge in [0.15, 0.2) is 5.78 Å². The van der Waals surface area contributed by atoms with E-state index < -0.39 is 17.9 Å². The van der Waals surface area contributed by atoms with Crippen LogP contribution in [0.25, 0.3) is 22.5 Å². The lowest BCUT2D eigenvalue weighted by molar-refractivity contribution is 0.0682. The maximum absolute atomic E-state index is 11.7. The van der Waals surface area contributed by atoms with Crippen LogP contribution in [0.5, 0.6) is 0 Å². The molecule has 0 aliphatic heterocycles. The largest absolute Gasteiger partial charge is 0.478 e. The Morgan fingerprint density at radius 3 is 1.23 bits per heavy atom. The molecule has 0 atom stereocenters. The third-order valence-corrected chi connectivity index (χ3v) is 4.26. The normalized spacial score (nSPS) is 10.4. The number of carbonyl (C=O) groups excluding carboxylic acids is 1. The van der Waals surface area contributed by atoms with Crippen LogP contribution in [0.1, 0.15) is 48.4 Å². The van der Waals surface area contributed by atoms with Gasteiger partial charge in [-0.3, -0.25) is 14.8 Å². The highest BCUT2D eigenvalue weighted by atomic mass is 16.4. The molecule has 1 heterocycles. The van der Waals surface area contributed by atoms with Crippen molar-refractivity contribution in [3.63, 3.8) is 0 Å². The second kappa shape index (κ2) is 7.92. The standard InChI is InChI=1S/C21H14N2O7/c1-10(24)11-2-12(4-14(3-11)19(25)26)17-8-23-18(9-22-17)13-5-15(20(27)28)7-16(6-13)21(29)30/h2-9H,1H3,(H,25,26)(H,27,28)(H,29,30). The Labute approximate surface area is 169 Å². The average molecular weight is 406 g/mol. The molecule has 1 aromatic heterocycles. The molecule has 9 heteroatoms. The van der Waals surface area contributed by atoms with Crippen molar-refractivity contribution in [2.45, 2.75) is 6.92 Å². The molecule has 3 rings (SSSR count). The molecule has 3 aromatic rings. The SMILES string of the molecule is CC(=O)c1cc(C(=O)O)cc(-c2cnc(-c3cc(C(=O)O)cc(C(=O)O)c3)cn2)c1. The molecule has 3 N–H and O–H groups in total. The number of carbonyl (C=O) groups is 4. The molecule has 0 spiro atoms. The summed E-state index contributed by atoms with van der Waals surface area (Å²) >= 11 is 0. The van der Waals surface area contributed by atoms with E-state index in [0.29, 0.717) is 5.56 Å². The lowest BCUT2D eigenvalue weighted by Gasteiger charge is -2.08. The van der Waals surface area contributed by atoms with Crippen molar-refractivity contribution in [1.82, 2.24) is 9.97 Å². The van der Waals surface area contributed by atoms with Gasteiger partial charge in [0.05, 0.1) is 40.5 Å². The molecular weight excluding hydrogens is 392 g/mol. The van der Waals surface area contributed by atoms with Crippen LogP contribution in [0.4, 0.5) is 0 Å². The number of aromatic carboxylic acids is 3. The van der Waals surface area contributed by atoms with Crippen LogP contribution in [0, 0.1) is 0 Å². The summed E-state index contributed by atoms with van der Waals surface area (Å²) < 4.78 is 0. The first-order valence-electron chi connectivity index (χ1n) is 8.49. The third kappa shape index (κ3) is 4.20. The van der Waals surface area contributed by atoms with Crippen molar-refractivity contribution in [3.8, 4) is 22.5 Å². The number of ketones is 1. The summed E-state index contributed by atoms with van der Waals surface area (Å²) in [5.41, 5.74) is 0.828. The second-order valence-corrected chi connectivity index (χ2v) is 6.36. The minimum Gasteiger partial charge on any atom is -0.478 e. The summed E-state index contributed by atoms with van der Waals surface area (Å²) in [6.07, 6.45) is 2.64. The van der Waals surface area contributed by atoms with Crippen LogP contribution in [0.2, 0.25) is 0 Å². The molecule has 9 nitrogen and oxygen atoms in total. The molecule has 30 heavy (non-hydrogen) atoms. The van der Waals surface area contributed by atoms with Gasteiger partial charge in [0.25, 0.3) is 0 Å². The Morgan fingerprint density at radius 2 is 0.933 bits per heavy atom. The lowest BCUT2D eigenvalue weighted by Crippen LogP contribution is -2.04. The quantitative estimate of drug-likeness (QED) is 0.524. The number of carboxylic acids is 3. The number of benzene rings is 2. The Hall–Kier alpha value is -4.40. The van der Waals surface area contributed by atoms with E-state index >= 15 is 0 Å². The second-order valence-electron chi connectivity index (χ2n) is 6.36. The number of hydrogen-bond donors (Lipinski definition) is 3. The Kier molecular flexibility index (Phi) is 5.37. The van der Waals surface area contributed by atoms with Crippen molar-refractivity contribution < 1.29 is 34.5 Å². The van der Waals surface area contributed by atoms with Crippen LogP contribution >= 0.6 is 0 Å². The van der Waals surface area contributed by atoms with Crippen LogP contribution in [0.3, 0.4) is 0 Å². The van der Waals surface area contributed by atoms with E-state index in [1.165, 1.54) is 49.6 Å². The van der Waals surface area contributed by atoms with Crippen molar-refractivity contribution in [1.29, 1.82) is 0 Å². The average Bonchev–Trinajstić information content (AvgIpc) is 2.73. The number of nitrogens with zero attached hydrogens (tertiary/aromatic N) is 2. The van der Waals surface area contributed by atoms with Crippen LogP contribution in [0.15, 0.2) is 48.8 Å². The zero-order valence-electron chi connectivity index (χ0n) is 15.5. The maximum atomic E-state index is 11.7. The van der Waals surface area contributed by atoms with Gasteiger partial charge in [0.1, 0.15) is 0 Å². The minimum absolute atomic E-state index is 0.0798. The van der Waals surface area contributed by atoms with Gasteiger partial charge in [-0.2, -0.15) is 0 Å². The van der Waals surface area contributed by atoms with Crippen molar-refractivity contribution in [2.24, 2.45) is 0 Å². The molecule has 0 radical (unpaired) electrons. The van der Waals surface area contributed by atoms with Gasteiger partial charge in [-0.1, -0.05) is 0 Å². The van der Waals surface area contributed by atoms with Gasteiger partial charge >= 0.3 is 17.9 Å². The van der Waals surface area contributed by atoms with Crippen LogP contribution in [-0.4, -0.2) is 49.0 Å². The Bertz CT molecular complexity index is 1040. The molecule has 150 valence electrons. The summed E-state index contributed by atoms with van der Waals surface area (Å²) in [7, 11) is 0. The van der Waals surface area contributed by atoms with E-state index in [-0.39, 0.29) is 45.0 Å².